The van der Waals surface area contributed by atoms with E-state index in [0.717, 1.165) is 24.8 Å². The maximum absolute atomic E-state index is 5.46. The average molecular weight is 232 g/mol. The van der Waals surface area contributed by atoms with Gasteiger partial charge in [0.15, 0.2) is 5.11 Å². The number of ether oxygens (including phenoxy) is 2. The average Bonchev–Trinajstić information content (AvgIpc) is 2.18. The summed E-state index contributed by atoms with van der Waals surface area (Å²) in [6.45, 7) is 7.27. The maximum Gasteiger partial charge on any atom is 0.169 e. The molecule has 0 radical (unpaired) electrons. The van der Waals surface area contributed by atoms with Crippen LogP contribution in [-0.2, 0) is 9.47 Å². The van der Waals surface area contributed by atoms with Gasteiger partial charge in [-0.15, -0.1) is 0 Å². The van der Waals surface area contributed by atoms with Gasteiger partial charge < -0.3 is 19.7 Å². The summed E-state index contributed by atoms with van der Waals surface area (Å²) in [5.41, 5.74) is 0. The third kappa shape index (κ3) is 4.32. The van der Waals surface area contributed by atoms with Gasteiger partial charge in [0.05, 0.1) is 19.3 Å². The van der Waals surface area contributed by atoms with E-state index in [1.165, 1.54) is 0 Å². The van der Waals surface area contributed by atoms with Crippen LogP contribution in [0.3, 0.4) is 0 Å². The van der Waals surface area contributed by atoms with Crippen LogP contribution < -0.4 is 5.32 Å². The number of nitrogens with zero attached hydrogens (tertiary/aromatic N) is 1. The van der Waals surface area contributed by atoms with Crippen molar-refractivity contribution >= 4 is 17.3 Å². The van der Waals surface area contributed by atoms with Crippen molar-refractivity contribution in [1.29, 1.82) is 0 Å². The van der Waals surface area contributed by atoms with Gasteiger partial charge >= 0.3 is 0 Å². The quantitative estimate of drug-likeness (QED) is 0.721. The summed E-state index contributed by atoms with van der Waals surface area (Å²) < 4.78 is 10.5. The summed E-state index contributed by atoms with van der Waals surface area (Å²) in [4.78, 5) is 2.15. The molecule has 0 spiro atoms. The molecular formula is C10H20N2O2S. The van der Waals surface area contributed by atoms with Crippen molar-refractivity contribution in [2.45, 2.75) is 26.0 Å². The number of rotatable bonds is 3. The first kappa shape index (κ1) is 12.7. The monoisotopic (exact) mass is 232 g/mol. The molecule has 0 bridgehead atoms. The highest BCUT2D eigenvalue weighted by Crippen LogP contribution is 2.04. The Labute approximate surface area is 96.9 Å². The first-order valence-electron chi connectivity index (χ1n) is 5.29. The van der Waals surface area contributed by atoms with Gasteiger partial charge in [-0.1, -0.05) is 0 Å². The van der Waals surface area contributed by atoms with E-state index in [1.807, 2.05) is 0 Å². The van der Waals surface area contributed by atoms with Crippen molar-refractivity contribution in [3.63, 3.8) is 0 Å². The second-order valence-corrected chi connectivity index (χ2v) is 4.32. The number of thiocarbonyl (C=S) groups is 1. The van der Waals surface area contributed by atoms with Gasteiger partial charge in [-0.25, -0.2) is 0 Å². The van der Waals surface area contributed by atoms with Crippen LogP contribution in [0, 0.1) is 0 Å². The second kappa shape index (κ2) is 6.25. The smallest absolute Gasteiger partial charge is 0.169 e. The number of methoxy groups -OCH3 is 1. The molecule has 0 aromatic carbocycles. The van der Waals surface area contributed by atoms with E-state index in [-0.39, 0.29) is 12.1 Å². The zero-order valence-corrected chi connectivity index (χ0v) is 10.5. The molecule has 1 aliphatic heterocycles. The Bertz CT molecular complexity index is 214. The Morgan fingerprint density at radius 3 is 3.07 bits per heavy atom. The molecule has 2 unspecified atom stereocenters. The summed E-state index contributed by atoms with van der Waals surface area (Å²) in [6, 6.07) is 0.251. The molecule has 4 nitrogen and oxygen atoms in total. The topological polar surface area (TPSA) is 33.7 Å². The highest BCUT2D eigenvalue weighted by molar-refractivity contribution is 7.80. The number of hydrogen-bond acceptors (Lipinski definition) is 3. The third-order valence-electron chi connectivity index (χ3n) is 2.31. The molecule has 1 aliphatic rings. The molecular weight excluding hydrogens is 212 g/mol. The van der Waals surface area contributed by atoms with Crippen LogP contribution in [-0.4, -0.2) is 55.6 Å². The van der Waals surface area contributed by atoms with Crippen LogP contribution in [0.1, 0.15) is 13.8 Å². The summed E-state index contributed by atoms with van der Waals surface area (Å²) in [5.74, 6) is 0. The highest BCUT2D eigenvalue weighted by Gasteiger charge is 2.19. The molecule has 1 saturated heterocycles. The third-order valence-corrected chi connectivity index (χ3v) is 2.69. The minimum atomic E-state index is 0.251. The van der Waals surface area contributed by atoms with Crippen molar-refractivity contribution in [3.8, 4) is 0 Å². The van der Waals surface area contributed by atoms with E-state index in [0.29, 0.717) is 6.61 Å². The predicted octanol–water partition coefficient (Wildman–Crippen LogP) is 0.617. The van der Waals surface area contributed by atoms with Crippen molar-refractivity contribution < 1.29 is 9.47 Å². The fourth-order valence-corrected chi connectivity index (χ4v) is 1.96. The lowest BCUT2D eigenvalue weighted by Crippen LogP contribution is -2.51. The normalized spacial score (nSPS) is 23.7. The Morgan fingerprint density at radius 2 is 2.47 bits per heavy atom. The predicted molar refractivity (Wildman–Crippen MR) is 64.1 cm³/mol. The molecule has 15 heavy (non-hydrogen) atoms. The molecule has 2 atom stereocenters. The Hall–Kier alpha value is -0.390. The van der Waals surface area contributed by atoms with Crippen LogP contribution in [0.2, 0.25) is 0 Å². The molecule has 88 valence electrons. The minimum absolute atomic E-state index is 0.251. The fraction of sp³-hybridized carbons (Fsp3) is 0.900. The summed E-state index contributed by atoms with van der Waals surface area (Å²) in [5, 5.41) is 4.05. The molecule has 0 amide bonds. The molecule has 0 aromatic rings. The van der Waals surface area contributed by atoms with Gasteiger partial charge in [-0.3, -0.25) is 0 Å². The van der Waals surface area contributed by atoms with Gasteiger partial charge in [0.1, 0.15) is 0 Å². The van der Waals surface area contributed by atoms with Crippen LogP contribution in [0.25, 0.3) is 0 Å². The van der Waals surface area contributed by atoms with E-state index >= 15 is 0 Å². The SMILES string of the molecule is COCC(C)NC(=S)N1CCOC(C)C1. The van der Waals surface area contributed by atoms with Gasteiger partial charge in [0, 0.05) is 26.2 Å². The molecule has 0 saturated carbocycles. The van der Waals surface area contributed by atoms with Gasteiger partial charge in [-0.2, -0.15) is 0 Å². The Morgan fingerprint density at radius 1 is 1.73 bits per heavy atom. The largest absolute Gasteiger partial charge is 0.383 e. The van der Waals surface area contributed by atoms with Gasteiger partial charge in [-0.05, 0) is 26.1 Å². The summed E-state index contributed by atoms with van der Waals surface area (Å²) in [6.07, 6.45) is 0.260. The standard InChI is InChI=1S/C10H20N2O2S/c1-8(7-13-3)11-10(15)12-4-5-14-9(2)6-12/h8-9H,4-7H2,1-3H3,(H,11,15). The van der Waals surface area contributed by atoms with Crippen LogP contribution >= 0.6 is 12.2 Å². The molecule has 5 heteroatoms. The summed E-state index contributed by atoms with van der Waals surface area (Å²) in [7, 11) is 1.69. The molecule has 1 heterocycles. The van der Waals surface area contributed by atoms with E-state index in [2.05, 4.69) is 24.1 Å². The lowest BCUT2D eigenvalue weighted by atomic mass is 10.3. The van der Waals surface area contributed by atoms with Gasteiger partial charge in [0.25, 0.3) is 0 Å². The van der Waals surface area contributed by atoms with Crippen LogP contribution in [0.15, 0.2) is 0 Å². The Kier molecular flexibility index (Phi) is 5.28. The number of morpholine rings is 1. The Balaban J connectivity index is 2.32. The summed E-state index contributed by atoms with van der Waals surface area (Å²) >= 11 is 5.32. The van der Waals surface area contributed by atoms with E-state index in [9.17, 15) is 0 Å². The first-order valence-corrected chi connectivity index (χ1v) is 5.70. The van der Waals surface area contributed by atoms with E-state index < -0.39 is 0 Å². The molecule has 1 fully saturated rings. The molecule has 1 N–H and O–H groups in total. The van der Waals surface area contributed by atoms with Crippen molar-refractivity contribution in [1.82, 2.24) is 10.2 Å². The number of hydrogen-bond donors (Lipinski definition) is 1. The van der Waals surface area contributed by atoms with E-state index in [4.69, 9.17) is 21.7 Å². The van der Waals surface area contributed by atoms with Crippen molar-refractivity contribution in [3.05, 3.63) is 0 Å². The number of nitrogens with one attached hydrogen (secondary N) is 1. The maximum atomic E-state index is 5.46. The second-order valence-electron chi connectivity index (χ2n) is 3.93. The van der Waals surface area contributed by atoms with Crippen molar-refractivity contribution in [2.75, 3.05) is 33.4 Å². The molecule has 0 aromatic heterocycles. The lowest BCUT2D eigenvalue weighted by Gasteiger charge is -2.34. The molecule has 0 aliphatic carbocycles. The van der Waals surface area contributed by atoms with Crippen LogP contribution in [0.5, 0.6) is 0 Å². The lowest BCUT2D eigenvalue weighted by molar-refractivity contribution is 0.00520. The first-order chi connectivity index (χ1) is 7.13. The minimum Gasteiger partial charge on any atom is -0.383 e. The van der Waals surface area contributed by atoms with Crippen molar-refractivity contribution in [2.24, 2.45) is 0 Å². The fourth-order valence-electron chi connectivity index (χ4n) is 1.60. The zero-order chi connectivity index (χ0) is 11.3. The van der Waals surface area contributed by atoms with E-state index in [1.54, 1.807) is 7.11 Å². The zero-order valence-electron chi connectivity index (χ0n) is 9.66. The van der Waals surface area contributed by atoms with Crippen LogP contribution in [0.4, 0.5) is 0 Å². The molecule has 1 rings (SSSR count). The van der Waals surface area contributed by atoms with Gasteiger partial charge in [0.2, 0.25) is 0 Å². The highest BCUT2D eigenvalue weighted by atomic mass is 32.1.